The van der Waals surface area contributed by atoms with E-state index in [0.29, 0.717) is 23.0 Å². The summed E-state index contributed by atoms with van der Waals surface area (Å²) in [5.74, 6) is 0.754. The van der Waals surface area contributed by atoms with Crippen LogP contribution in [-0.4, -0.2) is 20.9 Å². The zero-order valence-electron chi connectivity index (χ0n) is 9.98. The number of aromatic nitrogens is 2. The second kappa shape index (κ2) is 5.30. The summed E-state index contributed by atoms with van der Waals surface area (Å²) in [5, 5.41) is 10.5. The summed E-state index contributed by atoms with van der Waals surface area (Å²) in [5.41, 5.74) is 1.36. The van der Waals surface area contributed by atoms with Crippen LogP contribution < -0.4 is 5.32 Å². The molecule has 6 heteroatoms. The fourth-order valence-electron chi connectivity index (χ4n) is 1.42. The van der Waals surface area contributed by atoms with Crippen LogP contribution in [0.3, 0.4) is 0 Å². The predicted molar refractivity (Wildman–Crippen MR) is 71.5 cm³/mol. The number of nitrogens with zero attached hydrogens (tertiary/aromatic N) is 2. The van der Waals surface area contributed by atoms with E-state index in [1.807, 2.05) is 18.2 Å². The molecule has 0 aliphatic heterocycles. The Morgan fingerprint density at radius 3 is 2.72 bits per heavy atom. The Hall–Kier alpha value is -1.69. The van der Waals surface area contributed by atoms with E-state index in [9.17, 15) is 4.79 Å². The smallest absolute Gasteiger partial charge is 0.249 e. The van der Waals surface area contributed by atoms with Gasteiger partial charge < -0.3 is 9.73 Å². The molecule has 1 aromatic heterocycles. The number of nitrogens with one attached hydrogen (secondary N) is 1. The summed E-state index contributed by atoms with van der Waals surface area (Å²) >= 11 is 3.22. The van der Waals surface area contributed by atoms with E-state index in [1.165, 1.54) is 0 Å². The Balaban J connectivity index is 2.34. The van der Waals surface area contributed by atoms with E-state index < -0.39 is 0 Å². The summed E-state index contributed by atoms with van der Waals surface area (Å²) in [7, 11) is 0. The molecule has 0 saturated carbocycles. The summed E-state index contributed by atoms with van der Waals surface area (Å²) in [6.45, 7) is 3.48. The highest BCUT2D eigenvalue weighted by molar-refractivity contribution is 9.10. The molecule has 0 fully saturated rings. The highest BCUT2D eigenvalue weighted by Gasteiger charge is 2.14. The van der Waals surface area contributed by atoms with Crippen LogP contribution in [0, 0.1) is 6.92 Å². The minimum atomic E-state index is -0.269. The Kier molecular flexibility index (Phi) is 3.76. The van der Waals surface area contributed by atoms with Crippen LogP contribution in [0.15, 0.2) is 28.7 Å². The van der Waals surface area contributed by atoms with Gasteiger partial charge in [0.25, 0.3) is 0 Å². The van der Waals surface area contributed by atoms with Crippen LogP contribution in [0.1, 0.15) is 12.8 Å². The summed E-state index contributed by atoms with van der Waals surface area (Å²) in [6, 6.07) is 7.30. The summed E-state index contributed by atoms with van der Waals surface area (Å²) < 4.78 is 5.37. The van der Waals surface area contributed by atoms with E-state index in [4.69, 9.17) is 4.42 Å². The molecule has 94 valence electrons. The lowest BCUT2D eigenvalue weighted by atomic mass is 10.1. The fraction of sp³-hybridized carbons (Fsp3) is 0.250. The molecule has 1 atom stereocenters. The first-order chi connectivity index (χ1) is 8.58. The molecule has 1 unspecified atom stereocenters. The van der Waals surface area contributed by atoms with Crippen LogP contribution in [0.4, 0.5) is 5.69 Å². The average Bonchev–Trinajstić information content (AvgIpc) is 2.76. The van der Waals surface area contributed by atoms with E-state index in [2.05, 4.69) is 31.4 Å². The molecule has 5 nitrogen and oxygen atoms in total. The number of alkyl halides is 1. The summed E-state index contributed by atoms with van der Waals surface area (Å²) in [6.07, 6.45) is 0. The number of aryl methyl sites for hydroxylation is 1. The number of amides is 1. The van der Waals surface area contributed by atoms with Crippen LogP contribution in [-0.2, 0) is 4.79 Å². The number of anilines is 1. The normalized spacial score (nSPS) is 12.2. The summed E-state index contributed by atoms with van der Waals surface area (Å²) in [4.78, 5) is 11.4. The van der Waals surface area contributed by atoms with Crippen molar-refractivity contribution in [3.8, 4) is 11.5 Å². The van der Waals surface area contributed by atoms with Crippen molar-refractivity contribution in [1.29, 1.82) is 0 Å². The zero-order chi connectivity index (χ0) is 13.1. The molecule has 2 rings (SSSR count). The molecule has 0 bridgehead atoms. The molecule has 0 aliphatic carbocycles. The number of hydrogen-bond acceptors (Lipinski definition) is 4. The van der Waals surface area contributed by atoms with Gasteiger partial charge >= 0.3 is 0 Å². The molecule has 0 aliphatic rings. The first-order valence-corrected chi connectivity index (χ1v) is 6.34. The third-order valence-electron chi connectivity index (χ3n) is 2.30. The second-order valence-corrected chi connectivity index (χ2v) is 5.15. The van der Waals surface area contributed by atoms with Crippen molar-refractivity contribution in [2.45, 2.75) is 18.7 Å². The van der Waals surface area contributed by atoms with Crippen molar-refractivity contribution >= 4 is 27.5 Å². The van der Waals surface area contributed by atoms with Crippen molar-refractivity contribution in [2.24, 2.45) is 0 Å². The molecule has 0 spiro atoms. The van der Waals surface area contributed by atoms with E-state index >= 15 is 0 Å². The molecule has 2 aromatic rings. The second-order valence-electron chi connectivity index (χ2n) is 3.78. The first-order valence-electron chi connectivity index (χ1n) is 5.42. The van der Waals surface area contributed by atoms with Gasteiger partial charge in [-0.05, 0) is 19.1 Å². The van der Waals surface area contributed by atoms with Crippen molar-refractivity contribution < 1.29 is 9.21 Å². The topological polar surface area (TPSA) is 68.0 Å². The lowest BCUT2D eigenvalue weighted by molar-refractivity contribution is -0.115. The van der Waals surface area contributed by atoms with Gasteiger partial charge in [0, 0.05) is 6.92 Å². The number of hydrogen-bond donors (Lipinski definition) is 1. The maximum absolute atomic E-state index is 11.7. The Labute approximate surface area is 113 Å². The van der Waals surface area contributed by atoms with Gasteiger partial charge in [0.15, 0.2) is 0 Å². The van der Waals surface area contributed by atoms with Gasteiger partial charge in [-0.3, -0.25) is 4.79 Å². The molecular formula is C12H12BrN3O2. The highest BCUT2D eigenvalue weighted by atomic mass is 79.9. The number of benzene rings is 1. The monoisotopic (exact) mass is 309 g/mol. The van der Waals surface area contributed by atoms with Gasteiger partial charge in [0.2, 0.25) is 17.7 Å². The molecule has 1 heterocycles. The molecule has 0 saturated heterocycles. The maximum Gasteiger partial charge on any atom is 0.249 e. The first kappa shape index (κ1) is 12.8. The van der Waals surface area contributed by atoms with Crippen LogP contribution in [0.2, 0.25) is 0 Å². The van der Waals surface area contributed by atoms with Crippen LogP contribution in [0.25, 0.3) is 11.5 Å². The number of rotatable bonds is 3. The average molecular weight is 310 g/mol. The molecule has 1 aromatic carbocycles. The SMILES string of the molecule is Cc1nnc(-c2ccccc2NC(=O)C(C)Br)o1. The Morgan fingerprint density at radius 2 is 2.11 bits per heavy atom. The van der Waals surface area contributed by atoms with Gasteiger partial charge in [-0.15, -0.1) is 10.2 Å². The zero-order valence-corrected chi connectivity index (χ0v) is 11.6. The van der Waals surface area contributed by atoms with Gasteiger partial charge in [-0.2, -0.15) is 0 Å². The standard InChI is InChI=1S/C12H12BrN3O2/c1-7(13)11(17)14-10-6-4-3-5-9(10)12-16-15-8(2)18-12/h3-7H,1-2H3,(H,14,17). The molecular weight excluding hydrogens is 298 g/mol. The van der Waals surface area contributed by atoms with E-state index in [-0.39, 0.29) is 10.7 Å². The molecule has 1 N–H and O–H groups in total. The Bertz CT molecular complexity index is 566. The highest BCUT2D eigenvalue weighted by Crippen LogP contribution is 2.26. The van der Waals surface area contributed by atoms with Gasteiger partial charge in [-0.25, -0.2) is 0 Å². The maximum atomic E-state index is 11.7. The lowest BCUT2D eigenvalue weighted by Gasteiger charge is -2.09. The van der Waals surface area contributed by atoms with Crippen LogP contribution in [0.5, 0.6) is 0 Å². The van der Waals surface area contributed by atoms with Crippen molar-refractivity contribution in [2.75, 3.05) is 5.32 Å². The third-order valence-corrected chi connectivity index (χ3v) is 2.72. The third kappa shape index (κ3) is 2.76. The van der Waals surface area contributed by atoms with Crippen molar-refractivity contribution in [3.63, 3.8) is 0 Å². The number of para-hydroxylation sites is 1. The minimum absolute atomic E-state index is 0.126. The number of carbonyl (C=O) groups excluding carboxylic acids is 1. The van der Waals surface area contributed by atoms with Gasteiger partial charge in [0.1, 0.15) is 0 Å². The largest absolute Gasteiger partial charge is 0.421 e. The van der Waals surface area contributed by atoms with E-state index in [1.54, 1.807) is 19.9 Å². The molecule has 1 amide bonds. The number of carbonyl (C=O) groups is 1. The lowest BCUT2D eigenvalue weighted by Crippen LogP contribution is -2.20. The molecule has 18 heavy (non-hydrogen) atoms. The minimum Gasteiger partial charge on any atom is -0.421 e. The van der Waals surface area contributed by atoms with Crippen LogP contribution >= 0.6 is 15.9 Å². The van der Waals surface area contributed by atoms with Gasteiger partial charge in [-0.1, -0.05) is 28.1 Å². The quantitative estimate of drug-likeness (QED) is 0.885. The number of halogens is 1. The Morgan fingerprint density at radius 1 is 1.39 bits per heavy atom. The van der Waals surface area contributed by atoms with E-state index in [0.717, 1.165) is 0 Å². The molecule has 0 radical (unpaired) electrons. The van der Waals surface area contributed by atoms with Gasteiger partial charge in [0.05, 0.1) is 16.1 Å². The fourth-order valence-corrected chi connectivity index (χ4v) is 1.53. The van der Waals surface area contributed by atoms with Crippen molar-refractivity contribution in [1.82, 2.24) is 10.2 Å². The van der Waals surface area contributed by atoms with Crippen molar-refractivity contribution in [3.05, 3.63) is 30.2 Å². The predicted octanol–water partition coefficient (Wildman–Crippen LogP) is 2.77.